The van der Waals surface area contributed by atoms with Crippen molar-refractivity contribution in [2.45, 2.75) is 17.9 Å². The van der Waals surface area contributed by atoms with Crippen molar-refractivity contribution < 1.29 is 23.4 Å². The largest absolute Gasteiger partial charge is 0.480 e. The number of benzene rings is 1. The van der Waals surface area contributed by atoms with Gasteiger partial charge in [0.25, 0.3) is 0 Å². The zero-order chi connectivity index (χ0) is 13.9. The van der Waals surface area contributed by atoms with Gasteiger partial charge in [0.15, 0.2) is 0 Å². The molecule has 3 N–H and O–H groups in total. The van der Waals surface area contributed by atoms with Crippen LogP contribution in [0.5, 0.6) is 0 Å². The van der Waals surface area contributed by atoms with E-state index >= 15 is 0 Å². The van der Waals surface area contributed by atoms with Crippen LogP contribution in [0.3, 0.4) is 0 Å². The fourth-order valence-corrected chi connectivity index (χ4v) is 2.72. The van der Waals surface area contributed by atoms with Crippen LogP contribution in [-0.4, -0.2) is 37.2 Å². The summed E-state index contributed by atoms with van der Waals surface area (Å²) >= 11 is 3.23. The number of nitrogens with one attached hydrogen (secondary N) is 1. The molecule has 0 aromatic heterocycles. The number of aliphatic hydroxyl groups is 1. The molecular formula is C10H12BrNO5S. The Labute approximate surface area is 113 Å². The number of carboxylic acids is 1. The predicted octanol–water partition coefficient (Wildman–Crippen LogP) is 0.481. The third-order valence-electron chi connectivity index (χ3n) is 2.22. The van der Waals surface area contributed by atoms with Gasteiger partial charge < -0.3 is 10.2 Å². The highest BCUT2D eigenvalue weighted by Crippen LogP contribution is 2.20. The molecule has 0 saturated heterocycles. The smallest absolute Gasteiger partial charge is 0.324 e. The van der Waals surface area contributed by atoms with Crippen molar-refractivity contribution in [1.29, 1.82) is 0 Å². The molecular weight excluding hydrogens is 326 g/mol. The Hall–Kier alpha value is -0.960. The van der Waals surface area contributed by atoms with E-state index in [0.717, 1.165) is 4.47 Å². The zero-order valence-corrected chi connectivity index (χ0v) is 11.8. The van der Waals surface area contributed by atoms with Crippen LogP contribution in [0.1, 0.15) is 5.56 Å². The molecule has 0 heterocycles. The fraction of sp³-hybridized carbons (Fsp3) is 0.300. The van der Waals surface area contributed by atoms with Gasteiger partial charge in [-0.3, -0.25) is 4.79 Å². The van der Waals surface area contributed by atoms with Gasteiger partial charge in [0.05, 0.1) is 11.5 Å². The molecule has 1 rings (SSSR count). The van der Waals surface area contributed by atoms with Gasteiger partial charge in [-0.2, -0.15) is 4.72 Å². The molecule has 0 aliphatic carbocycles. The molecule has 18 heavy (non-hydrogen) atoms. The molecule has 0 fully saturated rings. The van der Waals surface area contributed by atoms with Crippen molar-refractivity contribution in [3.05, 3.63) is 28.2 Å². The number of hydrogen-bond donors (Lipinski definition) is 3. The third-order valence-corrected chi connectivity index (χ3v) is 4.58. The normalized spacial score (nSPS) is 13.3. The lowest BCUT2D eigenvalue weighted by molar-refractivity contribution is -0.139. The van der Waals surface area contributed by atoms with E-state index in [2.05, 4.69) is 15.9 Å². The Balaban J connectivity index is 3.06. The van der Waals surface area contributed by atoms with Crippen molar-refractivity contribution in [1.82, 2.24) is 4.72 Å². The second-order valence-corrected chi connectivity index (χ2v) is 6.17. The fourth-order valence-electron chi connectivity index (χ4n) is 1.21. The average molecular weight is 338 g/mol. The van der Waals surface area contributed by atoms with Crippen LogP contribution in [0.2, 0.25) is 0 Å². The van der Waals surface area contributed by atoms with Crippen LogP contribution in [0.4, 0.5) is 0 Å². The summed E-state index contributed by atoms with van der Waals surface area (Å²) in [6.45, 7) is 0.897. The van der Waals surface area contributed by atoms with E-state index in [1.807, 2.05) is 4.72 Å². The van der Waals surface area contributed by atoms with E-state index in [9.17, 15) is 13.2 Å². The molecule has 0 bridgehead atoms. The maximum atomic E-state index is 11.9. The summed E-state index contributed by atoms with van der Waals surface area (Å²) in [7, 11) is -3.97. The lowest BCUT2D eigenvalue weighted by Crippen LogP contribution is -2.43. The van der Waals surface area contributed by atoms with Gasteiger partial charge in [-0.1, -0.05) is 15.9 Å². The Bertz CT molecular complexity index is 557. The number of sulfonamides is 1. The molecule has 100 valence electrons. The van der Waals surface area contributed by atoms with Crippen molar-refractivity contribution in [2.75, 3.05) is 6.61 Å². The number of rotatable bonds is 5. The first-order valence-electron chi connectivity index (χ1n) is 4.90. The minimum Gasteiger partial charge on any atom is -0.480 e. The van der Waals surface area contributed by atoms with Crippen LogP contribution in [0.25, 0.3) is 0 Å². The molecule has 0 aliphatic rings. The van der Waals surface area contributed by atoms with Crippen LogP contribution in [-0.2, 0) is 14.8 Å². The summed E-state index contributed by atoms with van der Waals surface area (Å²) in [5.74, 6) is -1.44. The van der Waals surface area contributed by atoms with Gasteiger partial charge in [0, 0.05) is 4.47 Å². The van der Waals surface area contributed by atoms with E-state index in [1.54, 1.807) is 13.0 Å². The SMILES string of the molecule is Cc1cc(S(=O)(=O)N[C@@H](CO)C(=O)O)ccc1Br. The molecule has 0 unspecified atom stereocenters. The van der Waals surface area contributed by atoms with E-state index in [1.165, 1.54) is 12.1 Å². The Morgan fingerprint density at radius 1 is 1.50 bits per heavy atom. The molecule has 0 radical (unpaired) electrons. The number of aliphatic hydroxyl groups excluding tert-OH is 1. The third kappa shape index (κ3) is 3.52. The van der Waals surface area contributed by atoms with Crippen LogP contribution in [0, 0.1) is 6.92 Å². The molecule has 8 heteroatoms. The van der Waals surface area contributed by atoms with Gasteiger partial charge in [-0.25, -0.2) is 8.42 Å². The number of aryl methyl sites for hydroxylation is 1. The number of hydrogen-bond acceptors (Lipinski definition) is 4. The van der Waals surface area contributed by atoms with Gasteiger partial charge >= 0.3 is 5.97 Å². The van der Waals surface area contributed by atoms with Crippen LogP contribution < -0.4 is 4.72 Å². The summed E-state index contributed by atoms with van der Waals surface area (Å²) in [5.41, 5.74) is 0.703. The average Bonchev–Trinajstić information content (AvgIpc) is 2.29. The first kappa shape index (κ1) is 15.1. The van der Waals surface area contributed by atoms with Crippen LogP contribution >= 0.6 is 15.9 Å². The van der Waals surface area contributed by atoms with Crippen molar-refractivity contribution >= 4 is 31.9 Å². The number of aliphatic carboxylic acids is 1. The minimum atomic E-state index is -3.97. The summed E-state index contributed by atoms with van der Waals surface area (Å²) in [5, 5.41) is 17.5. The predicted molar refractivity (Wildman–Crippen MR) is 67.7 cm³/mol. The van der Waals surface area contributed by atoms with Crippen molar-refractivity contribution in [3.8, 4) is 0 Å². The maximum absolute atomic E-state index is 11.9. The summed E-state index contributed by atoms with van der Waals surface area (Å²) < 4.78 is 26.4. The first-order valence-corrected chi connectivity index (χ1v) is 7.17. The molecule has 0 spiro atoms. The molecule has 0 aliphatic heterocycles. The maximum Gasteiger partial charge on any atom is 0.324 e. The van der Waals surface area contributed by atoms with E-state index in [4.69, 9.17) is 10.2 Å². The van der Waals surface area contributed by atoms with Gasteiger partial charge in [0.1, 0.15) is 6.04 Å². The lowest BCUT2D eigenvalue weighted by atomic mass is 10.2. The van der Waals surface area contributed by atoms with Crippen molar-refractivity contribution in [3.63, 3.8) is 0 Å². The minimum absolute atomic E-state index is 0.0529. The molecule has 1 aromatic rings. The Morgan fingerprint density at radius 2 is 2.11 bits per heavy atom. The summed E-state index contributed by atoms with van der Waals surface area (Å²) in [4.78, 5) is 10.6. The highest BCUT2D eigenvalue weighted by molar-refractivity contribution is 9.10. The standard InChI is InChI=1S/C10H12BrNO5S/c1-6-4-7(2-3-8(6)11)18(16,17)12-9(5-13)10(14)15/h2-4,9,12-13H,5H2,1H3,(H,14,15)/t9-/m0/s1. The highest BCUT2D eigenvalue weighted by Gasteiger charge is 2.24. The zero-order valence-electron chi connectivity index (χ0n) is 9.42. The van der Waals surface area contributed by atoms with Crippen molar-refractivity contribution in [2.24, 2.45) is 0 Å². The second-order valence-electron chi connectivity index (χ2n) is 3.61. The highest BCUT2D eigenvalue weighted by atomic mass is 79.9. The van der Waals surface area contributed by atoms with Gasteiger partial charge in [0.2, 0.25) is 10.0 Å². The van der Waals surface area contributed by atoms with E-state index < -0.39 is 28.6 Å². The molecule has 1 aromatic carbocycles. The van der Waals surface area contributed by atoms with Crippen LogP contribution in [0.15, 0.2) is 27.6 Å². The summed E-state index contributed by atoms with van der Waals surface area (Å²) in [6.07, 6.45) is 0. The molecule has 0 amide bonds. The molecule has 0 saturated carbocycles. The molecule has 1 atom stereocenters. The number of carboxylic acid groups (broad SMARTS) is 1. The Morgan fingerprint density at radius 3 is 2.56 bits per heavy atom. The van der Waals surface area contributed by atoms with E-state index in [0.29, 0.717) is 5.56 Å². The van der Waals surface area contributed by atoms with Gasteiger partial charge in [-0.05, 0) is 30.7 Å². The number of carbonyl (C=O) groups is 1. The molecule has 6 nitrogen and oxygen atoms in total. The first-order chi connectivity index (χ1) is 8.27. The Kier molecular flexibility index (Phi) is 4.85. The monoisotopic (exact) mass is 337 g/mol. The van der Waals surface area contributed by atoms with E-state index in [-0.39, 0.29) is 4.90 Å². The topological polar surface area (TPSA) is 104 Å². The number of halogens is 1. The van der Waals surface area contributed by atoms with Gasteiger partial charge in [-0.15, -0.1) is 0 Å². The quantitative estimate of drug-likeness (QED) is 0.725. The second kappa shape index (κ2) is 5.79. The lowest BCUT2D eigenvalue weighted by Gasteiger charge is -2.12. The summed E-state index contributed by atoms with van der Waals surface area (Å²) in [6, 6.07) is 2.75.